The zero-order valence-electron chi connectivity index (χ0n) is 16.6. The second-order valence-corrected chi connectivity index (χ2v) is 10.6. The summed E-state index contributed by atoms with van der Waals surface area (Å²) in [5, 5.41) is 10.6. The van der Waals surface area contributed by atoms with Gasteiger partial charge in [0.15, 0.2) is 0 Å². The monoisotopic (exact) mass is 482 g/mol. The Morgan fingerprint density at radius 1 is 1.17 bits per heavy atom. The number of hydrogen-bond donors (Lipinski definition) is 3. The van der Waals surface area contributed by atoms with E-state index in [4.69, 9.17) is 4.74 Å². The minimum absolute atomic E-state index is 0. The van der Waals surface area contributed by atoms with Gasteiger partial charge >= 0.3 is 0 Å². The SMILES string of the molecule is CO[C@H]1C[C@@H]2CNC[C@@H]2C[C@@H]1NS(=O)(=O)c1cc(-c2cc(C)[nH]n2)sc1C.Cl.Cl. The van der Waals surface area contributed by atoms with Crippen molar-refractivity contribution in [3.05, 3.63) is 22.7 Å². The van der Waals surface area contributed by atoms with E-state index in [0.29, 0.717) is 16.7 Å². The van der Waals surface area contributed by atoms with E-state index in [-0.39, 0.29) is 37.0 Å². The van der Waals surface area contributed by atoms with Crippen molar-refractivity contribution in [3.63, 3.8) is 0 Å². The molecule has 1 aliphatic carbocycles. The molecule has 0 amide bonds. The van der Waals surface area contributed by atoms with Gasteiger partial charge in [0, 0.05) is 23.7 Å². The molecule has 2 aromatic rings. The van der Waals surface area contributed by atoms with Crippen molar-refractivity contribution >= 4 is 46.2 Å². The largest absolute Gasteiger partial charge is 0.380 e. The van der Waals surface area contributed by atoms with E-state index < -0.39 is 10.0 Å². The molecule has 3 heterocycles. The first kappa shape index (κ1) is 24.6. The number of H-pyrrole nitrogens is 1. The summed E-state index contributed by atoms with van der Waals surface area (Å²) in [6, 6.07) is 3.45. The van der Waals surface area contributed by atoms with Crippen molar-refractivity contribution in [2.45, 2.75) is 43.7 Å². The van der Waals surface area contributed by atoms with E-state index in [9.17, 15) is 8.42 Å². The Hall–Kier alpha value is -0.680. The van der Waals surface area contributed by atoms with Gasteiger partial charge in [-0.1, -0.05) is 0 Å². The molecule has 2 aromatic heterocycles. The highest BCUT2D eigenvalue weighted by atomic mass is 35.5. The summed E-state index contributed by atoms with van der Waals surface area (Å²) >= 11 is 1.45. The average molecular weight is 483 g/mol. The lowest BCUT2D eigenvalue weighted by molar-refractivity contribution is 0.0194. The minimum atomic E-state index is -3.62. The first-order chi connectivity index (χ1) is 12.9. The maximum Gasteiger partial charge on any atom is 0.242 e. The zero-order valence-corrected chi connectivity index (χ0v) is 19.9. The van der Waals surface area contributed by atoms with Crippen LogP contribution in [0.25, 0.3) is 10.6 Å². The molecule has 0 spiro atoms. The van der Waals surface area contributed by atoms with Crippen LogP contribution in [-0.2, 0) is 14.8 Å². The summed E-state index contributed by atoms with van der Waals surface area (Å²) in [6.45, 7) is 5.72. The Kier molecular flexibility index (Phi) is 8.17. The molecule has 2 aliphatic rings. The maximum absolute atomic E-state index is 13.1. The number of nitrogens with zero attached hydrogens (tertiary/aromatic N) is 1. The molecule has 4 atom stereocenters. The predicted octanol–water partition coefficient (Wildman–Crippen LogP) is 2.89. The molecule has 0 radical (unpaired) electrons. The van der Waals surface area contributed by atoms with E-state index in [1.54, 1.807) is 13.2 Å². The summed E-state index contributed by atoms with van der Waals surface area (Å²) in [6.07, 6.45) is 1.61. The summed E-state index contributed by atoms with van der Waals surface area (Å²) in [5.74, 6) is 1.09. The minimum Gasteiger partial charge on any atom is -0.380 e. The molecule has 1 saturated carbocycles. The smallest absolute Gasteiger partial charge is 0.242 e. The van der Waals surface area contributed by atoms with Gasteiger partial charge < -0.3 is 10.1 Å². The van der Waals surface area contributed by atoms with Gasteiger partial charge in [0.05, 0.1) is 15.9 Å². The van der Waals surface area contributed by atoms with Crippen molar-refractivity contribution < 1.29 is 13.2 Å². The van der Waals surface area contributed by atoms with Crippen LogP contribution in [0.1, 0.15) is 23.4 Å². The Labute approximate surface area is 188 Å². The standard InChI is InChI=1S/C18H26N4O3S2.2ClH/c1-10-4-15(21-20-10)17-7-18(11(2)26-17)27(23,24)22-14-5-12-8-19-9-13(12)6-16(14)25-3;;/h4,7,12-14,16,19,22H,5-6,8-9H2,1-3H3,(H,20,21);2*1H/t12-,13+,14-,16-;;/m0../s1. The molecule has 0 bridgehead atoms. The lowest BCUT2D eigenvalue weighted by Gasteiger charge is -2.37. The van der Waals surface area contributed by atoms with Crippen LogP contribution in [0, 0.1) is 25.7 Å². The van der Waals surface area contributed by atoms with Gasteiger partial charge in [0.25, 0.3) is 0 Å². The van der Waals surface area contributed by atoms with Gasteiger partial charge in [-0.3, -0.25) is 5.10 Å². The van der Waals surface area contributed by atoms with Crippen molar-refractivity contribution in [1.29, 1.82) is 0 Å². The maximum atomic E-state index is 13.1. The van der Waals surface area contributed by atoms with Crippen LogP contribution in [0.4, 0.5) is 0 Å². The van der Waals surface area contributed by atoms with Gasteiger partial charge in [0.1, 0.15) is 5.69 Å². The second kappa shape index (κ2) is 9.64. The average Bonchev–Trinajstić information content (AvgIpc) is 3.33. The number of sulfonamides is 1. The van der Waals surface area contributed by atoms with Gasteiger partial charge in [-0.05, 0) is 63.7 Å². The first-order valence-corrected chi connectivity index (χ1v) is 11.6. The van der Waals surface area contributed by atoms with Gasteiger partial charge in [-0.25, -0.2) is 13.1 Å². The number of aromatic nitrogens is 2. The Morgan fingerprint density at radius 2 is 1.86 bits per heavy atom. The molecule has 11 heteroatoms. The molecule has 29 heavy (non-hydrogen) atoms. The number of ether oxygens (including phenoxy) is 1. The quantitative estimate of drug-likeness (QED) is 0.608. The fourth-order valence-electron chi connectivity index (χ4n) is 4.33. The van der Waals surface area contributed by atoms with E-state index >= 15 is 0 Å². The van der Waals surface area contributed by atoms with Crippen molar-refractivity contribution in [3.8, 4) is 10.6 Å². The highest BCUT2D eigenvalue weighted by Gasteiger charge is 2.41. The van der Waals surface area contributed by atoms with Crippen LogP contribution >= 0.6 is 36.2 Å². The predicted molar refractivity (Wildman–Crippen MR) is 120 cm³/mol. The summed E-state index contributed by atoms with van der Waals surface area (Å²) in [7, 11) is -1.95. The van der Waals surface area contributed by atoms with E-state index in [2.05, 4.69) is 20.2 Å². The number of hydrogen-bond acceptors (Lipinski definition) is 6. The molecule has 3 N–H and O–H groups in total. The van der Waals surface area contributed by atoms with E-state index in [0.717, 1.165) is 47.1 Å². The molecule has 4 rings (SSSR count). The second-order valence-electron chi connectivity index (χ2n) is 7.62. The normalized spacial score (nSPS) is 26.4. The number of methoxy groups -OCH3 is 1. The summed E-state index contributed by atoms with van der Waals surface area (Å²) in [5.41, 5.74) is 1.72. The third-order valence-electron chi connectivity index (χ3n) is 5.75. The highest BCUT2D eigenvalue weighted by Crippen LogP contribution is 2.36. The lowest BCUT2D eigenvalue weighted by atomic mass is 9.78. The molecule has 1 aliphatic heterocycles. The third-order valence-corrected chi connectivity index (χ3v) is 8.57. The molecule has 0 aromatic carbocycles. The first-order valence-electron chi connectivity index (χ1n) is 9.26. The number of fused-ring (bicyclic) bond motifs is 1. The molecule has 0 unspecified atom stereocenters. The Bertz CT molecular complexity index is 931. The highest BCUT2D eigenvalue weighted by molar-refractivity contribution is 7.89. The summed E-state index contributed by atoms with van der Waals surface area (Å²) < 4.78 is 34.8. The molecule has 164 valence electrons. The number of aryl methyl sites for hydroxylation is 2. The molecule has 7 nitrogen and oxygen atoms in total. The van der Waals surface area contributed by atoms with Crippen molar-refractivity contribution in [2.75, 3.05) is 20.2 Å². The van der Waals surface area contributed by atoms with Crippen LogP contribution in [0.2, 0.25) is 0 Å². The van der Waals surface area contributed by atoms with Gasteiger partial charge in [-0.2, -0.15) is 5.10 Å². The molecule has 2 fully saturated rings. The number of thiophene rings is 1. The van der Waals surface area contributed by atoms with Crippen LogP contribution in [-0.4, -0.2) is 51.0 Å². The fourth-order valence-corrected chi connectivity index (χ4v) is 7.16. The Morgan fingerprint density at radius 3 is 2.48 bits per heavy atom. The van der Waals surface area contributed by atoms with Crippen molar-refractivity contribution in [2.24, 2.45) is 11.8 Å². The van der Waals surface area contributed by atoms with Crippen LogP contribution in [0.15, 0.2) is 17.0 Å². The van der Waals surface area contributed by atoms with Crippen LogP contribution in [0.3, 0.4) is 0 Å². The lowest BCUT2D eigenvalue weighted by Crippen LogP contribution is -2.50. The van der Waals surface area contributed by atoms with Crippen LogP contribution < -0.4 is 10.0 Å². The Balaban J connectivity index is 0.00000150. The van der Waals surface area contributed by atoms with E-state index in [1.165, 1.54) is 11.3 Å². The molecule has 1 saturated heterocycles. The molecular formula is C18H28Cl2N4O3S2. The van der Waals surface area contributed by atoms with Crippen molar-refractivity contribution in [1.82, 2.24) is 20.2 Å². The zero-order chi connectivity index (χ0) is 19.2. The van der Waals surface area contributed by atoms with Gasteiger partial charge in [0.2, 0.25) is 10.0 Å². The van der Waals surface area contributed by atoms with Crippen LogP contribution in [0.5, 0.6) is 0 Å². The number of nitrogens with one attached hydrogen (secondary N) is 3. The number of halogens is 2. The fraction of sp³-hybridized carbons (Fsp3) is 0.611. The molecular weight excluding hydrogens is 455 g/mol. The summed E-state index contributed by atoms with van der Waals surface area (Å²) in [4.78, 5) is 1.96. The number of rotatable bonds is 5. The number of aromatic amines is 1. The van der Waals surface area contributed by atoms with E-state index in [1.807, 2.05) is 19.9 Å². The topological polar surface area (TPSA) is 96.1 Å². The van der Waals surface area contributed by atoms with Gasteiger partial charge in [-0.15, -0.1) is 36.2 Å². The third kappa shape index (κ3) is 4.98.